The van der Waals surface area contributed by atoms with Crippen molar-refractivity contribution in [2.75, 3.05) is 23.2 Å². The van der Waals surface area contributed by atoms with Crippen LogP contribution < -0.4 is 15.4 Å². The largest absolute Gasteiger partial charge is 0.376 e. The molecule has 36 heavy (non-hydrogen) atoms. The van der Waals surface area contributed by atoms with E-state index in [1.54, 1.807) is 36.4 Å². The van der Waals surface area contributed by atoms with Gasteiger partial charge in [-0.2, -0.15) is 0 Å². The second kappa shape index (κ2) is 11.1. The molecule has 0 unspecified atom stereocenters. The second-order valence-corrected chi connectivity index (χ2v) is 10.5. The lowest BCUT2D eigenvalue weighted by Crippen LogP contribution is -2.32. The zero-order valence-electron chi connectivity index (χ0n) is 19.6. The number of para-hydroxylation sites is 1. The molecular weight excluding hydrogens is 502 g/mol. The molecule has 1 aliphatic heterocycles. The zero-order chi connectivity index (χ0) is 25.7. The highest BCUT2D eigenvalue weighted by atomic mass is 35.5. The van der Waals surface area contributed by atoms with E-state index in [4.69, 9.17) is 16.3 Å². The molecule has 3 aromatic rings. The fourth-order valence-corrected chi connectivity index (χ4v) is 5.10. The van der Waals surface area contributed by atoms with E-state index in [0.29, 0.717) is 24.4 Å². The summed E-state index contributed by atoms with van der Waals surface area (Å²) in [6.45, 7) is 2.96. The van der Waals surface area contributed by atoms with Crippen LogP contribution in [0.15, 0.2) is 71.6 Å². The van der Waals surface area contributed by atoms with Gasteiger partial charge in [-0.05, 0) is 62.2 Å². The standard InChI is InChI=1S/C26H26ClN3O5S/c1-17-8-11-20(12-9-17)36(33,34)30-18-10-13-21(23(27)15-18)26(32)29-24-7-3-2-6-22(24)25(31)28-16-19-5-4-14-35-19/h2-3,6-13,15,19,30H,4-5,14,16H2,1H3,(H,28,31)(H,29,32)/t19-/m1/s1. The number of halogens is 1. The SMILES string of the molecule is Cc1ccc(S(=O)(=O)Nc2ccc(C(=O)Nc3ccccc3C(=O)NC[C@H]3CCCO3)c(Cl)c2)cc1. The molecule has 0 saturated carbocycles. The van der Waals surface area contributed by atoms with Crippen molar-refractivity contribution in [3.8, 4) is 0 Å². The smallest absolute Gasteiger partial charge is 0.261 e. The summed E-state index contributed by atoms with van der Waals surface area (Å²) in [5.74, 6) is -0.860. The molecule has 0 aromatic heterocycles. The minimum absolute atomic E-state index is 0.00328. The van der Waals surface area contributed by atoms with E-state index in [-0.39, 0.29) is 33.2 Å². The molecule has 3 N–H and O–H groups in total. The van der Waals surface area contributed by atoms with Crippen LogP contribution in [0.3, 0.4) is 0 Å². The molecule has 2 amide bonds. The molecule has 0 bridgehead atoms. The fraction of sp³-hybridized carbons (Fsp3) is 0.231. The van der Waals surface area contributed by atoms with Crippen LogP contribution in [-0.2, 0) is 14.8 Å². The van der Waals surface area contributed by atoms with Crippen LogP contribution in [0, 0.1) is 6.92 Å². The number of hydrogen-bond acceptors (Lipinski definition) is 5. The van der Waals surface area contributed by atoms with E-state index in [9.17, 15) is 18.0 Å². The Morgan fingerprint density at radius 1 is 1.00 bits per heavy atom. The molecule has 1 atom stereocenters. The Morgan fingerprint density at radius 2 is 1.75 bits per heavy atom. The number of aryl methyl sites for hydroxylation is 1. The zero-order valence-corrected chi connectivity index (χ0v) is 21.2. The quantitative estimate of drug-likeness (QED) is 0.396. The molecule has 4 rings (SSSR count). The minimum Gasteiger partial charge on any atom is -0.376 e. The van der Waals surface area contributed by atoms with Gasteiger partial charge in [0, 0.05) is 13.2 Å². The van der Waals surface area contributed by atoms with E-state index >= 15 is 0 Å². The topological polar surface area (TPSA) is 114 Å². The first-order valence-electron chi connectivity index (χ1n) is 11.4. The highest BCUT2D eigenvalue weighted by Crippen LogP contribution is 2.25. The lowest BCUT2D eigenvalue weighted by atomic mass is 10.1. The molecule has 1 saturated heterocycles. The predicted octanol–water partition coefficient (Wildman–Crippen LogP) is 4.61. The van der Waals surface area contributed by atoms with E-state index in [2.05, 4.69) is 15.4 Å². The normalized spacial score (nSPS) is 15.3. The van der Waals surface area contributed by atoms with Crippen LogP contribution in [0.2, 0.25) is 5.02 Å². The number of anilines is 2. The summed E-state index contributed by atoms with van der Waals surface area (Å²) in [4.78, 5) is 25.8. The number of carbonyl (C=O) groups is 2. The van der Waals surface area contributed by atoms with Gasteiger partial charge in [-0.15, -0.1) is 0 Å². The second-order valence-electron chi connectivity index (χ2n) is 8.46. The number of rotatable bonds is 8. The van der Waals surface area contributed by atoms with Crippen LogP contribution in [0.1, 0.15) is 39.1 Å². The average Bonchev–Trinajstić information content (AvgIpc) is 3.37. The molecular formula is C26H26ClN3O5S. The number of hydrogen-bond donors (Lipinski definition) is 3. The third kappa shape index (κ3) is 6.23. The summed E-state index contributed by atoms with van der Waals surface area (Å²) in [6, 6.07) is 17.3. The summed E-state index contributed by atoms with van der Waals surface area (Å²) in [5.41, 5.74) is 1.92. The predicted molar refractivity (Wildman–Crippen MR) is 139 cm³/mol. The van der Waals surface area contributed by atoms with Crippen LogP contribution in [0.25, 0.3) is 0 Å². The summed E-state index contributed by atoms with van der Waals surface area (Å²) < 4.78 is 33.3. The first-order chi connectivity index (χ1) is 17.2. The Bertz CT molecular complexity index is 1370. The van der Waals surface area contributed by atoms with Crippen molar-refractivity contribution in [2.24, 2.45) is 0 Å². The van der Waals surface area contributed by atoms with Crippen molar-refractivity contribution >= 4 is 44.8 Å². The highest BCUT2D eigenvalue weighted by molar-refractivity contribution is 7.92. The van der Waals surface area contributed by atoms with Gasteiger partial charge in [0.1, 0.15) is 0 Å². The maximum atomic E-state index is 12.9. The van der Waals surface area contributed by atoms with Crippen LogP contribution in [0.4, 0.5) is 11.4 Å². The molecule has 1 heterocycles. The van der Waals surface area contributed by atoms with E-state index in [1.807, 2.05) is 6.92 Å². The maximum Gasteiger partial charge on any atom is 0.261 e. The van der Waals surface area contributed by atoms with Gasteiger partial charge in [-0.1, -0.05) is 41.4 Å². The Hall–Kier alpha value is -3.40. The fourth-order valence-electron chi connectivity index (χ4n) is 3.78. The highest BCUT2D eigenvalue weighted by Gasteiger charge is 2.20. The first kappa shape index (κ1) is 25.7. The van der Waals surface area contributed by atoms with Crippen molar-refractivity contribution in [3.05, 3.63) is 88.4 Å². The molecule has 0 spiro atoms. The number of ether oxygens (including phenoxy) is 1. The third-order valence-electron chi connectivity index (χ3n) is 5.73. The lowest BCUT2D eigenvalue weighted by Gasteiger charge is -2.14. The molecule has 1 aliphatic rings. The van der Waals surface area contributed by atoms with Gasteiger partial charge in [-0.3, -0.25) is 14.3 Å². The van der Waals surface area contributed by atoms with Gasteiger partial charge in [0.15, 0.2) is 0 Å². The number of amides is 2. The van der Waals surface area contributed by atoms with E-state index in [1.165, 1.54) is 30.3 Å². The lowest BCUT2D eigenvalue weighted by molar-refractivity contribution is 0.0858. The Kier molecular flexibility index (Phi) is 7.93. The maximum absolute atomic E-state index is 12.9. The van der Waals surface area contributed by atoms with Crippen molar-refractivity contribution in [2.45, 2.75) is 30.8 Å². The van der Waals surface area contributed by atoms with E-state index in [0.717, 1.165) is 18.4 Å². The average molecular weight is 528 g/mol. The molecule has 0 radical (unpaired) electrons. The van der Waals surface area contributed by atoms with Crippen LogP contribution in [-0.4, -0.2) is 39.5 Å². The van der Waals surface area contributed by atoms with Gasteiger partial charge >= 0.3 is 0 Å². The number of benzene rings is 3. The van der Waals surface area contributed by atoms with Crippen molar-refractivity contribution in [1.29, 1.82) is 0 Å². The Balaban J connectivity index is 1.45. The van der Waals surface area contributed by atoms with Gasteiger partial charge in [-0.25, -0.2) is 8.42 Å². The molecule has 10 heteroatoms. The summed E-state index contributed by atoms with van der Waals surface area (Å²) >= 11 is 6.32. The molecule has 188 valence electrons. The third-order valence-corrected chi connectivity index (χ3v) is 7.44. The number of carbonyl (C=O) groups excluding carboxylic acids is 2. The molecule has 0 aliphatic carbocycles. The van der Waals surface area contributed by atoms with E-state index < -0.39 is 15.9 Å². The minimum atomic E-state index is -3.82. The monoisotopic (exact) mass is 527 g/mol. The Morgan fingerprint density at radius 3 is 2.44 bits per heavy atom. The Labute approximate surface area is 215 Å². The van der Waals surface area contributed by atoms with Gasteiger partial charge in [0.25, 0.3) is 21.8 Å². The van der Waals surface area contributed by atoms with Crippen molar-refractivity contribution < 1.29 is 22.7 Å². The summed E-state index contributed by atoms with van der Waals surface area (Å²) in [5, 5.41) is 5.62. The van der Waals surface area contributed by atoms with Crippen LogP contribution in [0.5, 0.6) is 0 Å². The first-order valence-corrected chi connectivity index (χ1v) is 13.3. The summed E-state index contributed by atoms with van der Waals surface area (Å²) in [7, 11) is -3.82. The van der Waals surface area contributed by atoms with Gasteiger partial charge < -0.3 is 15.4 Å². The number of sulfonamides is 1. The number of nitrogens with one attached hydrogen (secondary N) is 3. The molecule has 8 nitrogen and oxygen atoms in total. The van der Waals surface area contributed by atoms with Crippen molar-refractivity contribution in [3.63, 3.8) is 0 Å². The van der Waals surface area contributed by atoms with Gasteiger partial charge in [0.2, 0.25) is 0 Å². The molecule has 3 aromatic carbocycles. The van der Waals surface area contributed by atoms with Gasteiger partial charge in [0.05, 0.1) is 38.5 Å². The summed E-state index contributed by atoms with van der Waals surface area (Å²) in [6.07, 6.45) is 1.87. The van der Waals surface area contributed by atoms with Crippen LogP contribution >= 0.6 is 11.6 Å². The van der Waals surface area contributed by atoms with Crippen molar-refractivity contribution in [1.82, 2.24) is 5.32 Å². The molecule has 1 fully saturated rings.